The summed E-state index contributed by atoms with van der Waals surface area (Å²) in [6.45, 7) is 2.99. The van der Waals surface area contributed by atoms with Gasteiger partial charge in [-0.05, 0) is 30.0 Å². The van der Waals surface area contributed by atoms with Gasteiger partial charge in [0.1, 0.15) is 5.82 Å². The minimum atomic E-state index is -3.64. The van der Waals surface area contributed by atoms with Crippen molar-refractivity contribution in [1.29, 1.82) is 0 Å². The number of morpholine rings is 1. The van der Waals surface area contributed by atoms with Crippen LogP contribution in [0.1, 0.15) is 0 Å². The van der Waals surface area contributed by atoms with Gasteiger partial charge >= 0.3 is 0 Å². The maximum Gasteiger partial charge on any atom is 0.262 e. The van der Waals surface area contributed by atoms with Gasteiger partial charge in [0.05, 0.1) is 25.2 Å². The molecule has 2 unspecified atom stereocenters. The third kappa shape index (κ3) is 3.70. The summed E-state index contributed by atoms with van der Waals surface area (Å²) in [6, 6.07) is 4.70. The molecule has 1 aromatic heterocycles. The molecule has 2 aliphatic heterocycles. The lowest BCUT2D eigenvalue weighted by molar-refractivity contribution is -0.118. The van der Waals surface area contributed by atoms with E-state index in [-0.39, 0.29) is 34.5 Å². The highest BCUT2D eigenvalue weighted by Crippen LogP contribution is 2.53. The van der Waals surface area contributed by atoms with E-state index in [2.05, 4.69) is 10.3 Å². The number of hydrogen-bond donors (Lipinski definition) is 1. The molecule has 2 atom stereocenters. The van der Waals surface area contributed by atoms with Gasteiger partial charge < -0.3 is 19.5 Å². The quantitative estimate of drug-likeness (QED) is 0.729. The maximum absolute atomic E-state index is 14.6. The van der Waals surface area contributed by atoms with Gasteiger partial charge in [-0.1, -0.05) is 0 Å². The zero-order chi connectivity index (χ0) is 21.8. The summed E-state index contributed by atoms with van der Waals surface area (Å²) >= 11 is 0. The molecule has 166 valence electrons. The van der Waals surface area contributed by atoms with E-state index < -0.39 is 10.0 Å². The predicted molar refractivity (Wildman–Crippen MR) is 110 cm³/mol. The number of piperidine rings is 1. The van der Waals surface area contributed by atoms with Crippen molar-refractivity contribution in [3.05, 3.63) is 36.5 Å². The molecule has 1 aromatic carbocycles. The van der Waals surface area contributed by atoms with Crippen LogP contribution in [-0.2, 0) is 26.6 Å². The number of rotatable bonds is 5. The number of benzene rings is 1. The molecule has 5 rings (SSSR count). The van der Waals surface area contributed by atoms with Crippen LogP contribution in [0.4, 0.5) is 15.8 Å². The fraction of sp³-hybridized carbons (Fsp3) is 0.500. The molecule has 1 amide bonds. The number of aryl methyl sites for hydroxylation is 1. The van der Waals surface area contributed by atoms with E-state index in [4.69, 9.17) is 4.74 Å². The van der Waals surface area contributed by atoms with E-state index >= 15 is 0 Å². The Morgan fingerprint density at radius 2 is 1.94 bits per heavy atom. The van der Waals surface area contributed by atoms with Crippen molar-refractivity contribution >= 4 is 27.3 Å². The van der Waals surface area contributed by atoms with Crippen molar-refractivity contribution in [2.24, 2.45) is 24.8 Å². The number of nitrogens with zero attached hydrogens (tertiary/aromatic N) is 4. The molecule has 2 aromatic rings. The number of sulfonamides is 1. The highest BCUT2D eigenvalue weighted by molar-refractivity contribution is 7.89. The van der Waals surface area contributed by atoms with Crippen LogP contribution in [0.3, 0.4) is 0 Å². The van der Waals surface area contributed by atoms with Crippen molar-refractivity contribution in [3.63, 3.8) is 0 Å². The number of nitrogens with one attached hydrogen (secondary N) is 1. The average Bonchev–Trinajstić information content (AvgIpc) is 3.06. The van der Waals surface area contributed by atoms with Crippen molar-refractivity contribution in [2.75, 3.05) is 49.6 Å². The second kappa shape index (κ2) is 7.57. The van der Waals surface area contributed by atoms with Crippen LogP contribution in [0, 0.1) is 23.6 Å². The molecule has 11 heteroatoms. The molecular weight excluding hydrogens is 425 g/mol. The third-order valence-corrected chi connectivity index (χ3v) is 8.03. The second-order valence-corrected chi connectivity index (χ2v) is 10.2. The molecule has 3 fully saturated rings. The molecular formula is C20H24FN5O4S. The van der Waals surface area contributed by atoms with Gasteiger partial charge in [-0.3, -0.25) is 4.79 Å². The van der Waals surface area contributed by atoms with Crippen molar-refractivity contribution in [2.45, 2.75) is 5.03 Å². The van der Waals surface area contributed by atoms with Crippen LogP contribution in [-0.4, -0.2) is 67.6 Å². The summed E-state index contributed by atoms with van der Waals surface area (Å²) in [5, 5.41) is 2.81. The highest BCUT2D eigenvalue weighted by atomic mass is 32.2. The number of ether oxygens (including phenoxy) is 1. The number of hydrogen-bond acceptors (Lipinski definition) is 6. The molecule has 1 aliphatic carbocycles. The summed E-state index contributed by atoms with van der Waals surface area (Å²) in [7, 11) is -1.93. The fourth-order valence-electron chi connectivity index (χ4n) is 4.60. The number of carbonyl (C=O) groups excluding carboxylic acids is 1. The Labute approximate surface area is 179 Å². The van der Waals surface area contributed by atoms with E-state index in [1.807, 2.05) is 4.90 Å². The molecule has 9 nitrogen and oxygen atoms in total. The number of imidazole rings is 1. The number of amides is 1. The van der Waals surface area contributed by atoms with Crippen LogP contribution in [0.25, 0.3) is 0 Å². The molecule has 2 saturated heterocycles. The molecule has 0 radical (unpaired) electrons. The van der Waals surface area contributed by atoms with Crippen LogP contribution in [0.15, 0.2) is 35.7 Å². The van der Waals surface area contributed by atoms with Crippen LogP contribution in [0.2, 0.25) is 0 Å². The Morgan fingerprint density at radius 3 is 2.55 bits per heavy atom. The zero-order valence-electron chi connectivity index (χ0n) is 17.1. The molecule has 3 heterocycles. The van der Waals surface area contributed by atoms with Crippen LogP contribution in [0.5, 0.6) is 0 Å². The molecule has 0 spiro atoms. The van der Waals surface area contributed by atoms with E-state index in [1.54, 1.807) is 23.7 Å². The minimum Gasteiger partial charge on any atom is -0.378 e. The Hall–Kier alpha value is -2.50. The second-order valence-electron chi connectivity index (χ2n) is 8.31. The average molecular weight is 450 g/mol. The Bertz CT molecular complexity index is 1100. The first kappa shape index (κ1) is 20.4. The number of anilines is 2. The number of fused-ring (bicyclic) bond motifs is 1. The van der Waals surface area contributed by atoms with Crippen molar-refractivity contribution < 1.29 is 22.3 Å². The number of halogens is 1. The van der Waals surface area contributed by atoms with Gasteiger partial charge in [0.2, 0.25) is 5.91 Å². The SMILES string of the molecule is Cn1cnc(S(=O)(=O)N2CC3C(C2)C3C(=O)Nc2ccc(N3CCOCC3)c(F)c2)c1. The summed E-state index contributed by atoms with van der Waals surface area (Å²) < 4.78 is 48.2. The molecule has 0 bridgehead atoms. The Kier molecular flexibility index (Phi) is 4.98. The van der Waals surface area contributed by atoms with E-state index in [0.29, 0.717) is 50.8 Å². The van der Waals surface area contributed by atoms with Gasteiger partial charge in [-0.2, -0.15) is 4.31 Å². The summed E-state index contributed by atoms with van der Waals surface area (Å²) in [5.74, 6) is -0.865. The van der Waals surface area contributed by atoms with E-state index in [9.17, 15) is 17.6 Å². The van der Waals surface area contributed by atoms with E-state index in [0.717, 1.165) is 0 Å². The van der Waals surface area contributed by atoms with Crippen LogP contribution < -0.4 is 10.2 Å². The lowest BCUT2D eigenvalue weighted by Crippen LogP contribution is -2.36. The third-order valence-electron chi connectivity index (χ3n) is 6.32. The van der Waals surface area contributed by atoms with Crippen molar-refractivity contribution in [1.82, 2.24) is 13.9 Å². The van der Waals surface area contributed by atoms with Gasteiger partial charge in [0.15, 0.2) is 5.03 Å². The normalized spacial score (nSPS) is 26.0. The maximum atomic E-state index is 14.6. The summed E-state index contributed by atoms with van der Waals surface area (Å²) in [4.78, 5) is 18.5. The molecule has 3 aliphatic rings. The number of carbonyl (C=O) groups is 1. The molecule has 1 N–H and O–H groups in total. The number of aromatic nitrogens is 2. The summed E-state index contributed by atoms with van der Waals surface area (Å²) in [5.41, 5.74) is 0.905. The standard InChI is InChI=1S/C20H24FN5O4S/c1-24-11-18(22-12-24)31(28,29)26-9-14-15(10-26)19(14)20(27)23-13-2-3-17(16(21)8-13)25-4-6-30-7-5-25/h2-3,8,11-12,14-15,19H,4-7,9-10H2,1H3,(H,23,27). The van der Waals surface area contributed by atoms with Gasteiger partial charge in [0, 0.05) is 51.0 Å². The van der Waals surface area contributed by atoms with Gasteiger partial charge in [-0.15, -0.1) is 0 Å². The first-order valence-electron chi connectivity index (χ1n) is 10.3. The fourth-order valence-corrected chi connectivity index (χ4v) is 6.08. The predicted octanol–water partition coefficient (Wildman–Crippen LogP) is 0.901. The Balaban J connectivity index is 1.19. The summed E-state index contributed by atoms with van der Waals surface area (Å²) in [6.07, 6.45) is 2.92. The monoisotopic (exact) mass is 449 g/mol. The topological polar surface area (TPSA) is 96.8 Å². The van der Waals surface area contributed by atoms with E-state index in [1.165, 1.54) is 22.9 Å². The zero-order valence-corrected chi connectivity index (χ0v) is 17.9. The van der Waals surface area contributed by atoms with Crippen molar-refractivity contribution in [3.8, 4) is 0 Å². The van der Waals surface area contributed by atoms with Gasteiger partial charge in [0.25, 0.3) is 10.0 Å². The minimum absolute atomic E-state index is 0.0176. The largest absolute Gasteiger partial charge is 0.378 e. The lowest BCUT2D eigenvalue weighted by atomic mass is 10.2. The first-order chi connectivity index (χ1) is 14.8. The first-order valence-corrected chi connectivity index (χ1v) is 11.7. The lowest BCUT2D eigenvalue weighted by Gasteiger charge is -2.29. The molecule has 1 saturated carbocycles. The highest BCUT2D eigenvalue weighted by Gasteiger charge is 2.61. The van der Waals surface area contributed by atoms with Gasteiger partial charge in [-0.25, -0.2) is 17.8 Å². The smallest absolute Gasteiger partial charge is 0.262 e. The van der Waals surface area contributed by atoms with Crippen LogP contribution >= 0.6 is 0 Å². The molecule has 31 heavy (non-hydrogen) atoms. The Morgan fingerprint density at radius 1 is 1.23 bits per heavy atom.